The number of hydrogen-bond donors (Lipinski definition) is 1. The van der Waals surface area contributed by atoms with E-state index in [0.717, 1.165) is 0 Å². The van der Waals surface area contributed by atoms with Crippen molar-refractivity contribution < 1.29 is 22.3 Å². The molecular weight excluding hydrogens is 473 g/mol. The summed E-state index contributed by atoms with van der Waals surface area (Å²) in [6, 6.07) is 11.0. The molecule has 2 aliphatic rings. The number of halogens is 1. The van der Waals surface area contributed by atoms with Crippen LogP contribution in [0, 0.1) is 17.1 Å². The Morgan fingerprint density at radius 1 is 1.06 bits per heavy atom. The van der Waals surface area contributed by atoms with Gasteiger partial charge < -0.3 is 19.4 Å². The van der Waals surface area contributed by atoms with Gasteiger partial charge in [-0.15, -0.1) is 0 Å². The van der Waals surface area contributed by atoms with Gasteiger partial charge >= 0.3 is 0 Å². The molecule has 0 unspecified atom stereocenters. The highest BCUT2D eigenvalue weighted by Gasteiger charge is 2.28. The molecule has 4 rings (SSSR count). The van der Waals surface area contributed by atoms with Crippen LogP contribution in [0.5, 0.6) is 0 Å². The Morgan fingerprint density at radius 2 is 1.77 bits per heavy atom. The van der Waals surface area contributed by atoms with Crippen molar-refractivity contribution in [3.63, 3.8) is 0 Å². The summed E-state index contributed by atoms with van der Waals surface area (Å²) in [6.45, 7) is 5.99. The van der Waals surface area contributed by atoms with Crippen LogP contribution in [-0.2, 0) is 14.8 Å². The number of morpholine rings is 1. The molecule has 2 heterocycles. The van der Waals surface area contributed by atoms with Crippen LogP contribution in [0.15, 0.2) is 41.3 Å². The van der Waals surface area contributed by atoms with E-state index in [1.807, 2.05) is 15.9 Å². The third-order valence-corrected chi connectivity index (χ3v) is 7.74. The number of carbonyl (C=O) groups is 1. The first-order chi connectivity index (χ1) is 16.8. The number of piperazine rings is 1. The molecule has 0 atom stereocenters. The van der Waals surface area contributed by atoms with Crippen LogP contribution in [0.2, 0.25) is 0 Å². The summed E-state index contributed by atoms with van der Waals surface area (Å²) < 4.78 is 47.2. The Kier molecular flexibility index (Phi) is 7.54. The molecule has 0 radical (unpaired) electrons. The molecule has 11 heteroatoms. The number of benzene rings is 2. The molecule has 186 valence electrons. The van der Waals surface area contributed by atoms with Crippen molar-refractivity contribution in [1.29, 1.82) is 5.26 Å². The van der Waals surface area contributed by atoms with Gasteiger partial charge in [0.15, 0.2) is 0 Å². The average molecular weight is 502 g/mol. The lowest BCUT2D eigenvalue weighted by molar-refractivity contribution is 0.0746. The van der Waals surface area contributed by atoms with Gasteiger partial charge in [-0.1, -0.05) is 6.92 Å². The summed E-state index contributed by atoms with van der Waals surface area (Å²) in [4.78, 5) is 19.4. The smallest absolute Gasteiger partial charge is 0.256 e. The van der Waals surface area contributed by atoms with Gasteiger partial charge in [0.05, 0.1) is 29.2 Å². The Hall–Kier alpha value is -3.20. The van der Waals surface area contributed by atoms with Crippen molar-refractivity contribution in [2.45, 2.75) is 11.8 Å². The SMILES string of the molecule is CCNS(=O)(=O)c1ccc(N2CCOCC2)c(C(=O)N2CCN(c3ccc(C#N)c(F)c3)CC2)c1. The summed E-state index contributed by atoms with van der Waals surface area (Å²) in [7, 11) is -3.73. The zero-order chi connectivity index (χ0) is 25.0. The monoisotopic (exact) mass is 501 g/mol. The maximum Gasteiger partial charge on any atom is 0.256 e. The molecule has 0 spiro atoms. The number of amides is 1. The van der Waals surface area contributed by atoms with Gasteiger partial charge in [0.2, 0.25) is 10.0 Å². The number of sulfonamides is 1. The van der Waals surface area contributed by atoms with E-state index in [0.29, 0.717) is 69.4 Å². The van der Waals surface area contributed by atoms with Gasteiger partial charge in [-0.25, -0.2) is 17.5 Å². The molecule has 9 nitrogen and oxygen atoms in total. The highest BCUT2D eigenvalue weighted by molar-refractivity contribution is 7.89. The molecule has 0 aromatic heterocycles. The highest BCUT2D eigenvalue weighted by atomic mass is 32.2. The number of nitriles is 1. The van der Waals surface area contributed by atoms with Crippen LogP contribution in [0.1, 0.15) is 22.8 Å². The van der Waals surface area contributed by atoms with E-state index < -0.39 is 15.8 Å². The second kappa shape index (κ2) is 10.6. The van der Waals surface area contributed by atoms with Crippen LogP contribution in [-0.4, -0.2) is 78.3 Å². The predicted octanol–water partition coefficient (Wildman–Crippen LogP) is 1.79. The maximum atomic E-state index is 14.1. The van der Waals surface area contributed by atoms with E-state index in [1.165, 1.54) is 24.3 Å². The first-order valence-electron chi connectivity index (χ1n) is 11.5. The molecule has 35 heavy (non-hydrogen) atoms. The normalized spacial score (nSPS) is 16.8. The average Bonchev–Trinajstić information content (AvgIpc) is 2.88. The van der Waals surface area contributed by atoms with Gasteiger partial charge in [-0.3, -0.25) is 4.79 Å². The molecule has 2 aliphatic heterocycles. The summed E-state index contributed by atoms with van der Waals surface area (Å²) >= 11 is 0. The third kappa shape index (κ3) is 5.40. The maximum absolute atomic E-state index is 14.1. The van der Waals surface area contributed by atoms with E-state index in [9.17, 15) is 17.6 Å². The zero-order valence-electron chi connectivity index (χ0n) is 19.5. The molecule has 2 saturated heterocycles. The summed E-state index contributed by atoms with van der Waals surface area (Å²) in [6.07, 6.45) is 0. The molecule has 2 aromatic carbocycles. The number of nitrogens with one attached hydrogen (secondary N) is 1. The lowest BCUT2D eigenvalue weighted by atomic mass is 10.1. The third-order valence-electron chi connectivity index (χ3n) is 6.20. The fourth-order valence-electron chi connectivity index (χ4n) is 4.34. The number of nitrogens with zero attached hydrogens (tertiary/aromatic N) is 4. The first-order valence-corrected chi connectivity index (χ1v) is 13.0. The van der Waals surface area contributed by atoms with Gasteiger partial charge in [-0.05, 0) is 36.4 Å². The molecule has 1 N–H and O–H groups in total. The molecule has 2 aromatic rings. The Balaban J connectivity index is 1.57. The summed E-state index contributed by atoms with van der Waals surface area (Å²) in [5, 5.41) is 8.94. The number of ether oxygens (including phenoxy) is 1. The molecule has 0 saturated carbocycles. The zero-order valence-corrected chi connectivity index (χ0v) is 20.4. The number of rotatable bonds is 6. The molecule has 1 amide bonds. The van der Waals surface area contributed by atoms with Gasteiger partial charge in [0.25, 0.3) is 5.91 Å². The van der Waals surface area contributed by atoms with E-state index >= 15 is 0 Å². The minimum absolute atomic E-state index is 0.00870. The van der Waals surface area contributed by atoms with Crippen molar-refractivity contribution in [1.82, 2.24) is 9.62 Å². The van der Waals surface area contributed by atoms with E-state index in [4.69, 9.17) is 10.00 Å². The van der Waals surface area contributed by atoms with Crippen LogP contribution >= 0.6 is 0 Å². The molecule has 0 bridgehead atoms. The quantitative estimate of drug-likeness (QED) is 0.643. The first kappa shape index (κ1) is 24.9. The Bertz CT molecular complexity index is 1230. The van der Waals surface area contributed by atoms with E-state index in [1.54, 1.807) is 24.0 Å². The molecule has 2 fully saturated rings. The van der Waals surface area contributed by atoms with Crippen LogP contribution < -0.4 is 14.5 Å². The van der Waals surface area contributed by atoms with Crippen LogP contribution in [0.4, 0.5) is 15.8 Å². The number of anilines is 2. The minimum atomic E-state index is -3.73. The number of carbonyl (C=O) groups excluding carboxylic acids is 1. The largest absolute Gasteiger partial charge is 0.378 e. The second-order valence-corrected chi connectivity index (χ2v) is 10.1. The molecule has 0 aliphatic carbocycles. The van der Waals surface area contributed by atoms with Gasteiger partial charge in [0, 0.05) is 57.2 Å². The van der Waals surface area contributed by atoms with Crippen LogP contribution in [0.25, 0.3) is 0 Å². The predicted molar refractivity (Wildman–Crippen MR) is 130 cm³/mol. The minimum Gasteiger partial charge on any atom is -0.378 e. The van der Waals surface area contributed by atoms with Crippen molar-refractivity contribution in [3.05, 3.63) is 53.3 Å². The molecular formula is C24H28FN5O4S. The van der Waals surface area contributed by atoms with Crippen molar-refractivity contribution in [2.75, 3.05) is 68.8 Å². The van der Waals surface area contributed by atoms with Crippen molar-refractivity contribution in [2.24, 2.45) is 0 Å². The fourth-order valence-corrected chi connectivity index (χ4v) is 5.40. The lowest BCUT2D eigenvalue weighted by Crippen LogP contribution is -2.49. The van der Waals surface area contributed by atoms with Gasteiger partial charge in [0.1, 0.15) is 11.9 Å². The van der Waals surface area contributed by atoms with E-state index in [2.05, 4.69) is 4.72 Å². The van der Waals surface area contributed by atoms with Crippen LogP contribution in [0.3, 0.4) is 0 Å². The topological polar surface area (TPSA) is 106 Å². The Morgan fingerprint density at radius 3 is 2.40 bits per heavy atom. The fraction of sp³-hybridized carbons (Fsp3) is 0.417. The van der Waals surface area contributed by atoms with Crippen molar-refractivity contribution >= 4 is 27.3 Å². The summed E-state index contributed by atoms with van der Waals surface area (Å²) in [5.74, 6) is -0.817. The standard InChI is InChI=1S/C24H28FN5O4S/c1-2-27-35(32,33)20-5-6-23(29-11-13-34-14-12-29)21(16-20)24(31)30-9-7-28(8-10-30)19-4-3-18(17-26)22(25)15-19/h3-6,15-16,27H,2,7-14H2,1H3. The summed E-state index contributed by atoms with van der Waals surface area (Å²) in [5.41, 5.74) is 1.67. The lowest BCUT2D eigenvalue weighted by Gasteiger charge is -2.37. The Labute approximate surface area is 204 Å². The van der Waals surface area contributed by atoms with Crippen molar-refractivity contribution in [3.8, 4) is 6.07 Å². The number of hydrogen-bond acceptors (Lipinski definition) is 7. The second-order valence-electron chi connectivity index (χ2n) is 8.33. The van der Waals surface area contributed by atoms with Gasteiger partial charge in [-0.2, -0.15) is 5.26 Å². The van der Waals surface area contributed by atoms with E-state index in [-0.39, 0.29) is 22.9 Å². The highest BCUT2D eigenvalue weighted by Crippen LogP contribution is 2.28.